The predicted molar refractivity (Wildman–Crippen MR) is 131 cm³/mol. The van der Waals surface area contributed by atoms with Crippen LogP contribution in [0.5, 0.6) is 17.4 Å². The molecule has 10 heteroatoms. The lowest BCUT2D eigenvalue weighted by atomic mass is 10.2. The van der Waals surface area contributed by atoms with Gasteiger partial charge in [0.15, 0.2) is 0 Å². The third-order valence-electron chi connectivity index (χ3n) is 6.34. The maximum atomic E-state index is 12.9. The Labute approximate surface area is 207 Å². The van der Waals surface area contributed by atoms with Crippen LogP contribution in [0.3, 0.4) is 0 Å². The highest BCUT2D eigenvalue weighted by Crippen LogP contribution is 2.40. The molecule has 5 rings (SSSR count). The normalized spacial score (nSPS) is 16.6. The standard InChI is InChI=1S/C26H25N5O5/c1-29-7-5-17(12-24(29)32)26(33)30-8-6-21(16-30)36-20-3-4-23-22(13-20)31(9-10-35-23)19-11-18(14-27)25(34-2)28-15-19/h3-5,7,11-13,15,21H,6,8-10,16H2,1-2H3. The topological polar surface area (TPSA) is 110 Å². The minimum Gasteiger partial charge on any atom is -0.490 e. The summed E-state index contributed by atoms with van der Waals surface area (Å²) in [5.74, 6) is 1.46. The smallest absolute Gasteiger partial charge is 0.254 e. The Hall–Kier alpha value is -4.52. The Kier molecular flexibility index (Phi) is 6.21. The molecule has 0 aliphatic carbocycles. The van der Waals surface area contributed by atoms with E-state index in [1.165, 1.54) is 17.7 Å². The van der Waals surface area contributed by atoms with Crippen molar-refractivity contribution in [2.24, 2.45) is 7.05 Å². The van der Waals surface area contributed by atoms with Crippen LogP contribution in [-0.2, 0) is 7.05 Å². The molecule has 36 heavy (non-hydrogen) atoms. The zero-order chi connectivity index (χ0) is 25.2. The number of carbonyl (C=O) groups is 1. The zero-order valence-electron chi connectivity index (χ0n) is 20.0. The van der Waals surface area contributed by atoms with E-state index in [4.69, 9.17) is 14.2 Å². The van der Waals surface area contributed by atoms with Crippen molar-refractivity contribution < 1.29 is 19.0 Å². The third kappa shape index (κ3) is 4.43. The highest BCUT2D eigenvalue weighted by Gasteiger charge is 2.29. The molecule has 1 aromatic carbocycles. The molecule has 1 atom stereocenters. The summed E-state index contributed by atoms with van der Waals surface area (Å²) in [5, 5.41) is 9.45. The van der Waals surface area contributed by atoms with Gasteiger partial charge in [-0.05, 0) is 24.3 Å². The van der Waals surface area contributed by atoms with Crippen LogP contribution < -0.4 is 24.7 Å². The number of hydrogen-bond donors (Lipinski definition) is 0. The van der Waals surface area contributed by atoms with Crippen LogP contribution in [0.25, 0.3) is 0 Å². The monoisotopic (exact) mass is 487 g/mol. The molecule has 1 unspecified atom stereocenters. The molecule has 184 valence electrons. The average Bonchev–Trinajstić information content (AvgIpc) is 3.37. The molecule has 0 saturated carbocycles. The maximum Gasteiger partial charge on any atom is 0.254 e. The molecule has 3 aromatic rings. The number of aryl methyl sites for hydroxylation is 1. The van der Waals surface area contributed by atoms with Crippen molar-refractivity contribution in [1.82, 2.24) is 14.5 Å². The van der Waals surface area contributed by atoms with Crippen molar-refractivity contribution in [3.8, 4) is 23.4 Å². The lowest BCUT2D eigenvalue weighted by Crippen LogP contribution is -2.32. The first-order valence-electron chi connectivity index (χ1n) is 11.6. The van der Waals surface area contributed by atoms with Gasteiger partial charge in [0.25, 0.3) is 11.5 Å². The first-order chi connectivity index (χ1) is 17.5. The van der Waals surface area contributed by atoms with Gasteiger partial charge in [-0.2, -0.15) is 5.26 Å². The quantitative estimate of drug-likeness (QED) is 0.540. The van der Waals surface area contributed by atoms with Gasteiger partial charge in [0.1, 0.15) is 35.8 Å². The van der Waals surface area contributed by atoms with Crippen LogP contribution in [-0.4, -0.2) is 59.8 Å². The van der Waals surface area contributed by atoms with E-state index in [9.17, 15) is 14.9 Å². The Morgan fingerprint density at radius 3 is 2.86 bits per heavy atom. The zero-order valence-corrected chi connectivity index (χ0v) is 20.0. The SMILES string of the molecule is COc1ncc(N2CCOc3ccc(OC4CCN(C(=O)c5ccn(C)c(=O)c5)C4)cc32)cc1C#N. The highest BCUT2D eigenvalue weighted by molar-refractivity contribution is 5.94. The summed E-state index contributed by atoms with van der Waals surface area (Å²) in [7, 11) is 3.13. The van der Waals surface area contributed by atoms with Crippen LogP contribution in [0.4, 0.5) is 11.4 Å². The molecule has 2 aliphatic heterocycles. The molecular formula is C26H25N5O5. The van der Waals surface area contributed by atoms with Crippen molar-refractivity contribution in [2.75, 3.05) is 38.3 Å². The van der Waals surface area contributed by atoms with E-state index < -0.39 is 0 Å². The Bertz CT molecular complexity index is 1410. The van der Waals surface area contributed by atoms with E-state index in [0.717, 1.165) is 11.4 Å². The third-order valence-corrected chi connectivity index (χ3v) is 6.34. The minimum atomic E-state index is -0.220. The Morgan fingerprint density at radius 1 is 1.22 bits per heavy atom. The number of aromatic nitrogens is 2. The molecule has 0 bridgehead atoms. The number of hydrogen-bond acceptors (Lipinski definition) is 8. The van der Waals surface area contributed by atoms with Crippen molar-refractivity contribution in [3.05, 3.63) is 70.3 Å². The van der Waals surface area contributed by atoms with Crippen LogP contribution in [0, 0.1) is 11.3 Å². The van der Waals surface area contributed by atoms with Crippen LogP contribution in [0.15, 0.2) is 53.6 Å². The van der Waals surface area contributed by atoms with Gasteiger partial charge in [-0.15, -0.1) is 0 Å². The fourth-order valence-corrected chi connectivity index (χ4v) is 4.44. The number of carbonyl (C=O) groups excluding carboxylic acids is 1. The molecule has 2 aliphatic rings. The molecule has 1 saturated heterocycles. The van der Waals surface area contributed by atoms with Gasteiger partial charge in [0, 0.05) is 43.9 Å². The second-order valence-corrected chi connectivity index (χ2v) is 8.64. The van der Waals surface area contributed by atoms with E-state index in [-0.39, 0.29) is 23.5 Å². The molecule has 0 N–H and O–H groups in total. The van der Waals surface area contributed by atoms with Crippen molar-refractivity contribution in [2.45, 2.75) is 12.5 Å². The lowest BCUT2D eigenvalue weighted by molar-refractivity contribution is 0.0772. The van der Waals surface area contributed by atoms with Crippen LogP contribution in [0.1, 0.15) is 22.3 Å². The first-order valence-corrected chi connectivity index (χ1v) is 11.6. The number of methoxy groups -OCH3 is 1. The predicted octanol–water partition coefficient (Wildman–Crippen LogP) is 2.48. The van der Waals surface area contributed by atoms with Gasteiger partial charge in [-0.1, -0.05) is 0 Å². The van der Waals surface area contributed by atoms with Gasteiger partial charge in [-0.25, -0.2) is 4.98 Å². The minimum absolute atomic E-state index is 0.177. The molecular weight excluding hydrogens is 462 g/mol. The summed E-state index contributed by atoms with van der Waals surface area (Å²) in [6, 6.07) is 12.5. The molecule has 2 aromatic heterocycles. The van der Waals surface area contributed by atoms with Gasteiger partial charge < -0.3 is 28.6 Å². The van der Waals surface area contributed by atoms with Crippen LogP contribution in [0.2, 0.25) is 0 Å². The number of ether oxygens (including phenoxy) is 3. The summed E-state index contributed by atoms with van der Waals surface area (Å²) in [5.41, 5.74) is 2.07. The van der Waals surface area contributed by atoms with Crippen LogP contribution >= 0.6 is 0 Å². The first kappa shape index (κ1) is 23.2. The fourth-order valence-electron chi connectivity index (χ4n) is 4.44. The number of nitriles is 1. The molecule has 10 nitrogen and oxygen atoms in total. The highest BCUT2D eigenvalue weighted by atomic mass is 16.5. The summed E-state index contributed by atoms with van der Waals surface area (Å²) in [6.07, 6.45) is 3.77. The molecule has 1 fully saturated rings. The Morgan fingerprint density at radius 2 is 2.08 bits per heavy atom. The van der Waals surface area contributed by atoms with E-state index in [1.807, 2.05) is 23.1 Å². The van der Waals surface area contributed by atoms with Gasteiger partial charge >= 0.3 is 0 Å². The van der Waals surface area contributed by atoms with Gasteiger partial charge in [0.05, 0.1) is 37.8 Å². The molecule has 4 heterocycles. The van der Waals surface area contributed by atoms with E-state index >= 15 is 0 Å². The molecule has 0 radical (unpaired) electrons. The molecule has 1 amide bonds. The van der Waals surface area contributed by atoms with Crippen molar-refractivity contribution >= 4 is 17.3 Å². The maximum absolute atomic E-state index is 12.9. The number of benzene rings is 1. The number of nitrogens with zero attached hydrogens (tertiary/aromatic N) is 5. The van der Waals surface area contributed by atoms with E-state index in [1.54, 1.807) is 36.5 Å². The number of fused-ring (bicyclic) bond motifs is 1. The van der Waals surface area contributed by atoms with Gasteiger partial charge in [0.2, 0.25) is 5.88 Å². The lowest BCUT2D eigenvalue weighted by Gasteiger charge is -2.31. The number of likely N-dealkylation sites (tertiary alicyclic amines) is 1. The summed E-state index contributed by atoms with van der Waals surface area (Å²) in [6.45, 7) is 2.05. The number of pyridine rings is 2. The van der Waals surface area contributed by atoms with Gasteiger partial charge in [-0.3, -0.25) is 9.59 Å². The summed E-state index contributed by atoms with van der Waals surface area (Å²) in [4.78, 5) is 32.8. The average molecular weight is 488 g/mol. The number of rotatable bonds is 5. The summed E-state index contributed by atoms with van der Waals surface area (Å²) < 4.78 is 18.7. The summed E-state index contributed by atoms with van der Waals surface area (Å²) >= 11 is 0. The van der Waals surface area contributed by atoms with E-state index in [0.29, 0.717) is 55.3 Å². The number of anilines is 2. The van der Waals surface area contributed by atoms with E-state index in [2.05, 4.69) is 11.1 Å². The molecule has 0 spiro atoms. The fraction of sp³-hybridized carbons (Fsp3) is 0.308. The number of amides is 1. The Balaban J connectivity index is 1.32. The second-order valence-electron chi connectivity index (χ2n) is 8.64. The van der Waals surface area contributed by atoms with Crippen molar-refractivity contribution in [3.63, 3.8) is 0 Å². The second kappa shape index (κ2) is 9.62. The largest absolute Gasteiger partial charge is 0.490 e. The van der Waals surface area contributed by atoms with Crippen molar-refractivity contribution in [1.29, 1.82) is 5.26 Å².